The predicted molar refractivity (Wildman–Crippen MR) is 96.6 cm³/mol. The molecule has 0 spiro atoms. The number of fused-ring (bicyclic) bond motifs is 2. The normalized spacial score (nSPS) is 16.4. The minimum Gasteiger partial charge on any atom is -0.457 e. The standard InChI is InChI=1S/C20H22N2O3/c1-20(2,3)18(23)25-17-12-13-8-4-6-10-15(13)22(19(21)24)16-11-7-5-9-14(16)17/h4-11,17H,12H2,1-3H3,(H2,21,24)/t17-/m1/s1. The van der Waals surface area contributed by atoms with Crippen LogP contribution < -0.4 is 10.6 Å². The number of amides is 2. The van der Waals surface area contributed by atoms with Crippen molar-refractivity contribution in [3.8, 4) is 0 Å². The number of primary amides is 1. The topological polar surface area (TPSA) is 72.6 Å². The summed E-state index contributed by atoms with van der Waals surface area (Å²) in [6.45, 7) is 5.46. The number of urea groups is 1. The number of carbonyl (C=O) groups excluding carboxylic acids is 2. The maximum atomic E-state index is 12.5. The molecule has 1 atom stereocenters. The highest BCUT2D eigenvalue weighted by Gasteiger charge is 2.33. The van der Waals surface area contributed by atoms with Gasteiger partial charge in [-0.1, -0.05) is 36.4 Å². The lowest BCUT2D eigenvalue weighted by molar-refractivity contribution is -0.159. The highest BCUT2D eigenvalue weighted by Crippen LogP contribution is 2.41. The van der Waals surface area contributed by atoms with Gasteiger partial charge in [0.1, 0.15) is 6.10 Å². The fourth-order valence-corrected chi connectivity index (χ4v) is 2.95. The summed E-state index contributed by atoms with van der Waals surface area (Å²) in [6, 6.07) is 14.4. The van der Waals surface area contributed by atoms with Crippen molar-refractivity contribution >= 4 is 23.4 Å². The van der Waals surface area contributed by atoms with Crippen molar-refractivity contribution in [3.63, 3.8) is 0 Å². The SMILES string of the molecule is CC(C)(C)C(=O)O[C@@H]1Cc2ccccc2N(C(N)=O)c2ccccc21. The van der Waals surface area contributed by atoms with Gasteiger partial charge >= 0.3 is 12.0 Å². The van der Waals surface area contributed by atoms with Crippen molar-refractivity contribution in [1.29, 1.82) is 0 Å². The Morgan fingerprint density at radius 2 is 1.64 bits per heavy atom. The van der Waals surface area contributed by atoms with Crippen LogP contribution in [-0.2, 0) is 16.0 Å². The number of rotatable bonds is 1. The first-order valence-corrected chi connectivity index (χ1v) is 8.26. The summed E-state index contributed by atoms with van der Waals surface area (Å²) >= 11 is 0. The zero-order valence-corrected chi connectivity index (χ0v) is 14.7. The van der Waals surface area contributed by atoms with Gasteiger partial charge in [-0.05, 0) is 38.5 Å². The molecule has 1 aliphatic heterocycles. The number of benzene rings is 2. The van der Waals surface area contributed by atoms with Crippen LogP contribution in [-0.4, -0.2) is 12.0 Å². The Morgan fingerprint density at radius 1 is 1.04 bits per heavy atom. The highest BCUT2D eigenvalue weighted by atomic mass is 16.5. The van der Waals surface area contributed by atoms with Crippen LogP contribution in [0, 0.1) is 5.41 Å². The van der Waals surface area contributed by atoms with E-state index in [2.05, 4.69) is 0 Å². The van der Waals surface area contributed by atoms with Crippen LogP contribution in [0.25, 0.3) is 0 Å². The first-order valence-electron chi connectivity index (χ1n) is 8.26. The molecule has 0 aliphatic carbocycles. The molecule has 2 N–H and O–H groups in total. The zero-order chi connectivity index (χ0) is 18.2. The monoisotopic (exact) mass is 338 g/mol. The van der Waals surface area contributed by atoms with Crippen LogP contribution in [0.15, 0.2) is 48.5 Å². The van der Waals surface area contributed by atoms with Crippen molar-refractivity contribution in [1.82, 2.24) is 0 Å². The van der Waals surface area contributed by atoms with E-state index >= 15 is 0 Å². The number of nitrogens with two attached hydrogens (primary N) is 1. The molecular formula is C20H22N2O3. The van der Waals surface area contributed by atoms with Gasteiger partial charge in [-0.15, -0.1) is 0 Å². The molecule has 5 heteroatoms. The van der Waals surface area contributed by atoms with E-state index in [0.717, 1.165) is 16.8 Å². The molecule has 0 unspecified atom stereocenters. The van der Waals surface area contributed by atoms with Crippen molar-refractivity contribution in [2.45, 2.75) is 33.3 Å². The molecule has 0 saturated carbocycles. The fourth-order valence-electron chi connectivity index (χ4n) is 2.95. The molecule has 0 bridgehead atoms. The lowest BCUT2D eigenvalue weighted by Gasteiger charge is -2.25. The van der Waals surface area contributed by atoms with Gasteiger partial charge in [0, 0.05) is 12.0 Å². The molecule has 25 heavy (non-hydrogen) atoms. The second-order valence-electron chi connectivity index (χ2n) is 7.21. The maximum Gasteiger partial charge on any atom is 0.323 e. The molecule has 1 heterocycles. The smallest absolute Gasteiger partial charge is 0.323 e. The number of carbonyl (C=O) groups is 2. The van der Waals surface area contributed by atoms with Crippen LogP contribution >= 0.6 is 0 Å². The van der Waals surface area contributed by atoms with Crippen LogP contribution in [0.2, 0.25) is 0 Å². The molecule has 2 aromatic carbocycles. The van der Waals surface area contributed by atoms with Gasteiger partial charge in [-0.2, -0.15) is 0 Å². The molecule has 1 aliphatic rings. The predicted octanol–water partition coefficient (Wildman–Crippen LogP) is 4.09. The Kier molecular flexibility index (Phi) is 4.25. The van der Waals surface area contributed by atoms with Crippen molar-refractivity contribution in [2.24, 2.45) is 11.1 Å². The molecule has 0 saturated heterocycles. The van der Waals surface area contributed by atoms with E-state index in [4.69, 9.17) is 10.5 Å². The third kappa shape index (κ3) is 3.22. The van der Waals surface area contributed by atoms with E-state index < -0.39 is 17.6 Å². The summed E-state index contributed by atoms with van der Waals surface area (Å²) in [5, 5.41) is 0. The minimum atomic E-state index is -0.607. The number of ether oxygens (including phenoxy) is 1. The summed E-state index contributed by atoms with van der Waals surface area (Å²) in [6.07, 6.45) is 0.00660. The number of nitrogens with zero attached hydrogens (tertiary/aromatic N) is 1. The van der Waals surface area contributed by atoms with E-state index in [1.165, 1.54) is 4.90 Å². The van der Waals surface area contributed by atoms with E-state index in [-0.39, 0.29) is 5.97 Å². The zero-order valence-electron chi connectivity index (χ0n) is 14.7. The number of anilines is 2. The summed E-state index contributed by atoms with van der Waals surface area (Å²) in [5.74, 6) is -0.280. The average molecular weight is 338 g/mol. The van der Waals surface area contributed by atoms with Crippen molar-refractivity contribution < 1.29 is 14.3 Å². The second kappa shape index (κ2) is 6.24. The first-order chi connectivity index (χ1) is 11.8. The number of para-hydroxylation sites is 2. The summed E-state index contributed by atoms with van der Waals surface area (Å²) in [7, 11) is 0. The third-order valence-electron chi connectivity index (χ3n) is 4.24. The van der Waals surface area contributed by atoms with Gasteiger partial charge in [-0.3, -0.25) is 9.69 Å². The summed E-state index contributed by atoms with van der Waals surface area (Å²) < 4.78 is 5.83. The van der Waals surface area contributed by atoms with Crippen LogP contribution in [0.4, 0.5) is 16.2 Å². The molecule has 3 rings (SSSR count). The maximum absolute atomic E-state index is 12.5. The lowest BCUT2D eigenvalue weighted by Crippen LogP contribution is -2.32. The van der Waals surface area contributed by atoms with Gasteiger partial charge in [-0.25, -0.2) is 4.79 Å². The minimum absolute atomic E-state index is 0.280. The molecule has 0 aromatic heterocycles. The molecule has 5 nitrogen and oxygen atoms in total. The van der Waals surface area contributed by atoms with Crippen LogP contribution in [0.5, 0.6) is 0 Å². The van der Waals surface area contributed by atoms with Gasteiger partial charge < -0.3 is 10.5 Å². The Bertz CT molecular complexity index is 824. The Labute approximate surface area is 147 Å². The number of esters is 1. The Balaban J connectivity index is 2.14. The fraction of sp³-hybridized carbons (Fsp3) is 0.300. The third-order valence-corrected chi connectivity index (χ3v) is 4.24. The van der Waals surface area contributed by atoms with E-state index in [0.29, 0.717) is 12.1 Å². The van der Waals surface area contributed by atoms with E-state index in [9.17, 15) is 9.59 Å². The molecule has 130 valence electrons. The van der Waals surface area contributed by atoms with E-state index in [1.54, 1.807) is 0 Å². The average Bonchev–Trinajstić information content (AvgIpc) is 2.68. The second-order valence-corrected chi connectivity index (χ2v) is 7.21. The number of hydrogen-bond acceptors (Lipinski definition) is 3. The molecule has 2 amide bonds. The van der Waals surface area contributed by atoms with Crippen molar-refractivity contribution in [2.75, 3.05) is 4.90 Å². The Hall–Kier alpha value is -2.82. The Morgan fingerprint density at radius 3 is 2.28 bits per heavy atom. The first kappa shape index (κ1) is 17.0. The molecule has 0 radical (unpaired) electrons. The van der Waals surface area contributed by atoms with Gasteiger partial charge in [0.2, 0.25) is 0 Å². The van der Waals surface area contributed by atoms with Crippen LogP contribution in [0.3, 0.4) is 0 Å². The van der Waals surface area contributed by atoms with E-state index in [1.807, 2.05) is 69.3 Å². The lowest BCUT2D eigenvalue weighted by atomic mass is 9.96. The summed E-state index contributed by atoms with van der Waals surface area (Å²) in [5.41, 5.74) is 8.10. The summed E-state index contributed by atoms with van der Waals surface area (Å²) in [4.78, 5) is 26.1. The molecule has 2 aromatic rings. The molecule has 0 fully saturated rings. The highest BCUT2D eigenvalue weighted by molar-refractivity contribution is 6.00. The quantitative estimate of drug-likeness (QED) is 0.796. The van der Waals surface area contributed by atoms with Gasteiger partial charge in [0.15, 0.2) is 0 Å². The van der Waals surface area contributed by atoms with Gasteiger partial charge in [0.05, 0.1) is 16.8 Å². The largest absolute Gasteiger partial charge is 0.457 e. The van der Waals surface area contributed by atoms with Crippen LogP contribution in [0.1, 0.15) is 38.0 Å². The van der Waals surface area contributed by atoms with Gasteiger partial charge in [0.25, 0.3) is 0 Å². The van der Waals surface area contributed by atoms with Crippen molar-refractivity contribution in [3.05, 3.63) is 59.7 Å². The molecular weight excluding hydrogens is 316 g/mol. The number of hydrogen-bond donors (Lipinski definition) is 1.